The van der Waals surface area contributed by atoms with Gasteiger partial charge in [-0.1, -0.05) is 6.07 Å². The van der Waals surface area contributed by atoms with E-state index in [1.807, 2.05) is 0 Å². The van der Waals surface area contributed by atoms with Crippen LogP contribution in [0.1, 0.15) is 16.2 Å². The summed E-state index contributed by atoms with van der Waals surface area (Å²) in [6, 6.07) is 10.7. The molecule has 1 aromatic heterocycles. The van der Waals surface area contributed by atoms with Crippen LogP contribution in [0.15, 0.2) is 42.5 Å². The summed E-state index contributed by atoms with van der Waals surface area (Å²) in [7, 11) is 0. The molecule has 0 atom stereocenters. The zero-order valence-corrected chi connectivity index (χ0v) is 11.4. The molecule has 0 bridgehead atoms. The maximum absolute atomic E-state index is 12.5. The predicted molar refractivity (Wildman–Crippen MR) is 76.4 cm³/mol. The number of rotatable bonds is 4. The van der Waals surface area contributed by atoms with Gasteiger partial charge < -0.3 is 10.2 Å². The number of carbonyl (C=O) groups excluding carboxylic acids is 1. The van der Waals surface area contributed by atoms with Crippen molar-refractivity contribution in [2.45, 2.75) is 6.92 Å². The van der Waals surface area contributed by atoms with E-state index in [0.717, 1.165) is 4.90 Å². The highest BCUT2D eigenvalue weighted by molar-refractivity contribution is 6.07. The van der Waals surface area contributed by atoms with E-state index in [2.05, 4.69) is 4.98 Å². The van der Waals surface area contributed by atoms with Crippen molar-refractivity contribution < 1.29 is 19.8 Å². The van der Waals surface area contributed by atoms with Crippen LogP contribution in [0.2, 0.25) is 0 Å². The third-order valence-corrected chi connectivity index (χ3v) is 2.81. The molecule has 6 nitrogen and oxygen atoms in total. The number of phenolic OH excluding ortho intramolecular Hbond substituents is 1. The van der Waals surface area contributed by atoms with E-state index in [9.17, 15) is 14.7 Å². The molecule has 0 saturated heterocycles. The number of phenols is 1. The third kappa shape index (κ3) is 3.56. The van der Waals surface area contributed by atoms with Gasteiger partial charge in [0, 0.05) is 11.4 Å². The molecule has 21 heavy (non-hydrogen) atoms. The van der Waals surface area contributed by atoms with Gasteiger partial charge in [-0.3, -0.25) is 14.5 Å². The SMILES string of the molecule is Cc1cccc(C(=O)N(CC(=O)O)c2ccc(O)cc2)n1. The number of hydrogen-bond donors (Lipinski definition) is 2. The lowest BCUT2D eigenvalue weighted by molar-refractivity contribution is -0.135. The first-order valence-electron chi connectivity index (χ1n) is 6.24. The number of amides is 1. The molecule has 0 unspecified atom stereocenters. The van der Waals surface area contributed by atoms with Gasteiger partial charge >= 0.3 is 5.97 Å². The number of pyridine rings is 1. The Kier molecular flexibility index (Phi) is 4.18. The second-order valence-corrected chi connectivity index (χ2v) is 4.47. The quantitative estimate of drug-likeness (QED) is 0.894. The summed E-state index contributed by atoms with van der Waals surface area (Å²) in [5, 5.41) is 18.3. The first-order valence-corrected chi connectivity index (χ1v) is 6.24. The lowest BCUT2D eigenvalue weighted by Crippen LogP contribution is -2.36. The smallest absolute Gasteiger partial charge is 0.323 e. The Bertz CT molecular complexity index is 668. The number of carbonyl (C=O) groups is 2. The van der Waals surface area contributed by atoms with Crippen LogP contribution in [0.25, 0.3) is 0 Å². The van der Waals surface area contributed by atoms with Crippen molar-refractivity contribution in [2.75, 3.05) is 11.4 Å². The molecule has 1 amide bonds. The summed E-state index contributed by atoms with van der Waals surface area (Å²) in [5.41, 5.74) is 1.22. The standard InChI is InChI=1S/C15H14N2O4/c1-10-3-2-4-13(16-10)15(21)17(9-14(19)20)11-5-7-12(18)8-6-11/h2-8,18H,9H2,1H3,(H,19,20). The molecule has 0 aliphatic carbocycles. The monoisotopic (exact) mass is 286 g/mol. The molecule has 1 heterocycles. The second kappa shape index (κ2) is 6.04. The number of hydrogen-bond acceptors (Lipinski definition) is 4. The summed E-state index contributed by atoms with van der Waals surface area (Å²) in [4.78, 5) is 28.7. The molecular weight excluding hydrogens is 272 g/mol. The summed E-state index contributed by atoms with van der Waals surface area (Å²) in [6.07, 6.45) is 0. The summed E-state index contributed by atoms with van der Waals surface area (Å²) < 4.78 is 0. The Balaban J connectivity index is 2.38. The van der Waals surface area contributed by atoms with E-state index in [0.29, 0.717) is 11.4 Å². The molecule has 0 aliphatic heterocycles. The molecule has 2 N–H and O–H groups in total. The predicted octanol–water partition coefficient (Wildman–Crippen LogP) is 1.83. The highest BCUT2D eigenvalue weighted by atomic mass is 16.4. The van der Waals surface area contributed by atoms with E-state index in [-0.39, 0.29) is 11.4 Å². The molecule has 0 spiro atoms. The number of anilines is 1. The van der Waals surface area contributed by atoms with Crippen molar-refractivity contribution >= 4 is 17.6 Å². The molecular formula is C15H14N2O4. The van der Waals surface area contributed by atoms with Crippen LogP contribution in [0.5, 0.6) is 5.75 Å². The maximum Gasteiger partial charge on any atom is 0.323 e. The van der Waals surface area contributed by atoms with Gasteiger partial charge in [0.25, 0.3) is 5.91 Å². The van der Waals surface area contributed by atoms with Crippen LogP contribution in [-0.4, -0.2) is 33.6 Å². The van der Waals surface area contributed by atoms with Crippen molar-refractivity contribution in [3.05, 3.63) is 53.9 Å². The van der Waals surface area contributed by atoms with Gasteiger partial charge in [0.1, 0.15) is 18.0 Å². The summed E-state index contributed by atoms with van der Waals surface area (Å²) >= 11 is 0. The number of aryl methyl sites for hydroxylation is 1. The van der Waals surface area contributed by atoms with Gasteiger partial charge in [-0.2, -0.15) is 0 Å². The van der Waals surface area contributed by atoms with Gasteiger partial charge in [-0.05, 0) is 43.3 Å². The molecule has 2 aromatic rings. The van der Waals surface area contributed by atoms with Crippen LogP contribution < -0.4 is 4.90 Å². The lowest BCUT2D eigenvalue weighted by atomic mass is 10.2. The fourth-order valence-corrected chi connectivity index (χ4v) is 1.85. The lowest BCUT2D eigenvalue weighted by Gasteiger charge is -2.20. The highest BCUT2D eigenvalue weighted by Crippen LogP contribution is 2.20. The van der Waals surface area contributed by atoms with E-state index >= 15 is 0 Å². The largest absolute Gasteiger partial charge is 0.508 e. The van der Waals surface area contributed by atoms with E-state index in [1.54, 1.807) is 19.1 Å². The Morgan fingerprint density at radius 1 is 1.14 bits per heavy atom. The Hall–Kier alpha value is -2.89. The van der Waals surface area contributed by atoms with Crippen LogP contribution >= 0.6 is 0 Å². The Labute approximate surface area is 121 Å². The Morgan fingerprint density at radius 3 is 2.38 bits per heavy atom. The average Bonchev–Trinajstić information content (AvgIpc) is 2.45. The normalized spacial score (nSPS) is 10.1. The van der Waals surface area contributed by atoms with E-state index in [4.69, 9.17) is 5.11 Å². The minimum atomic E-state index is -1.14. The minimum Gasteiger partial charge on any atom is -0.508 e. The van der Waals surface area contributed by atoms with Crippen LogP contribution in [0, 0.1) is 6.92 Å². The van der Waals surface area contributed by atoms with Crippen molar-refractivity contribution in [1.82, 2.24) is 4.98 Å². The minimum absolute atomic E-state index is 0.0372. The number of carboxylic acids is 1. The van der Waals surface area contributed by atoms with Crippen molar-refractivity contribution in [2.24, 2.45) is 0 Å². The fourth-order valence-electron chi connectivity index (χ4n) is 1.85. The number of nitrogens with zero attached hydrogens (tertiary/aromatic N) is 2. The number of aromatic hydroxyl groups is 1. The number of carboxylic acid groups (broad SMARTS) is 1. The topological polar surface area (TPSA) is 90.7 Å². The zero-order valence-electron chi connectivity index (χ0n) is 11.4. The molecule has 0 aliphatic rings. The van der Waals surface area contributed by atoms with Gasteiger partial charge in [-0.15, -0.1) is 0 Å². The van der Waals surface area contributed by atoms with Crippen LogP contribution in [-0.2, 0) is 4.79 Å². The molecule has 108 valence electrons. The van der Waals surface area contributed by atoms with Gasteiger partial charge in [0.15, 0.2) is 0 Å². The number of benzene rings is 1. The number of aliphatic carboxylic acids is 1. The second-order valence-electron chi connectivity index (χ2n) is 4.47. The Morgan fingerprint density at radius 2 is 1.81 bits per heavy atom. The fraction of sp³-hybridized carbons (Fsp3) is 0.133. The maximum atomic E-state index is 12.5. The van der Waals surface area contributed by atoms with Gasteiger partial charge in [0.05, 0.1) is 0 Å². The number of aromatic nitrogens is 1. The third-order valence-electron chi connectivity index (χ3n) is 2.81. The van der Waals surface area contributed by atoms with Gasteiger partial charge in [-0.25, -0.2) is 4.98 Å². The van der Waals surface area contributed by atoms with Gasteiger partial charge in [0.2, 0.25) is 0 Å². The molecule has 1 aromatic carbocycles. The summed E-state index contributed by atoms with van der Waals surface area (Å²) in [6.45, 7) is 1.26. The van der Waals surface area contributed by atoms with Crippen LogP contribution in [0.3, 0.4) is 0 Å². The highest BCUT2D eigenvalue weighted by Gasteiger charge is 2.21. The summed E-state index contributed by atoms with van der Waals surface area (Å²) in [5.74, 6) is -1.61. The van der Waals surface area contributed by atoms with Crippen molar-refractivity contribution in [3.63, 3.8) is 0 Å². The first kappa shape index (κ1) is 14.5. The molecule has 0 fully saturated rings. The zero-order chi connectivity index (χ0) is 15.4. The van der Waals surface area contributed by atoms with Crippen molar-refractivity contribution in [3.8, 4) is 5.75 Å². The van der Waals surface area contributed by atoms with E-state index < -0.39 is 18.4 Å². The molecule has 6 heteroatoms. The van der Waals surface area contributed by atoms with Crippen molar-refractivity contribution in [1.29, 1.82) is 0 Å². The van der Waals surface area contributed by atoms with E-state index in [1.165, 1.54) is 30.3 Å². The van der Waals surface area contributed by atoms with Crippen LogP contribution in [0.4, 0.5) is 5.69 Å². The average molecular weight is 286 g/mol. The first-order chi connectivity index (χ1) is 9.97. The molecule has 0 saturated carbocycles. The molecule has 0 radical (unpaired) electrons. The molecule has 2 rings (SSSR count).